The smallest absolute Gasteiger partial charge is 0.418 e. The van der Waals surface area contributed by atoms with Gasteiger partial charge in [-0.15, -0.1) is 0 Å². The highest BCUT2D eigenvalue weighted by Crippen LogP contribution is 2.38. The Morgan fingerprint density at radius 3 is 2.67 bits per heavy atom. The Hall–Kier alpha value is -2.24. The van der Waals surface area contributed by atoms with Crippen molar-refractivity contribution in [3.8, 4) is 0 Å². The molecule has 6 heteroatoms. The van der Waals surface area contributed by atoms with Gasteiger partial charge in [0.1, 0.15) is 18.2 Å². The molecule has 0 radical (unpaired) electrons. The molecule has 3 nitrogen and oxygen atoms in total. The van der Waals surface area contributed by atoms with Crippen molar-refractivity contribution in [3.05, 3.63) is 54.0 Å². The first-order valence-electron chi connectivity index (χ1n) is 6.42. The number of ether oxygens (including phenoxy) is 1. The molecule has 0 saturated carbocycles. The van der Waals surface area contributed by atoms with Crippen molar-refractivity contribution in [3.63, 3.8) is 0 Å². The summed E-state index contributed by atoms with van der Waals surface area (Å²) in [7, 11) is 0. The Balaban J connectivity index is 2.49. The van der Waals surface area contributed by atoms with Gasteiger partial charge in [0.2, 0.25) is 0 Å². The molecule has 1 aromatic rings. The second kappa shape index (κ2) is 6.03. The highest BCUT2D eigenvalue weighted by atomic mass is 19.4. The van der Waals surface area contributed by atoms with Crippen molar-refractivity contribution in [2.24, 2.45) is 0 Å². The summed E-state index contributed by atoms with van der Waals surface area (Å²) in [5.74, 6) is 0.414. The van der Waals surface area contributed by atoms with Crippen molar-refractivity contribution >= 4 is 11.4 Å². The molecule has 21 heavy (non-hydrogen) atoms. The van der Waals surface area contributed by atoms with Crippen LogP contribution in [0.4, 0.5) is 19.0 Å². The van der Waals surface area contributed by atoms with Crippen molar-refractivity contribution in [2.75, 3.05) is 12.3 Å². The number of alkyl halides is 3. The van der Waals surface area contributed by atoms with E-state index >= 15 is 0 Å². The molecule has 2 rings (SSSR count). The van der Waals surface area contributed by atoms with Gasteiger partial charge in [-0.3, -0.25) is 0 Å². The SMILES string of the molecule is C=CCOC1=CCCC=C1c1nc(N)ccc1C(F)(F)F. The van der Waals surface area contributed by atoms with Gasteiger partial charge in [-0.2, -0.15) is 13.2 Å². The standard InChI is InChI=1S/C15H15F3N2O/c1-2-9-21-12-6-4-3-5-10(12)14-11(15(16,17)18)7-8-13(19)20-14/h2,5-8H,1,3-4,9H2,(H2,19,20). The van der Waals surface area contributed by atoms with Crippen molar-refractivity contribution in [2.45, 2.75) is 19.0 Å². The highest BCUT2D eigenvalue weighted by molar-refractivity contribution is 5.78. The molecule has 0 atom stereocenters. The minimum absolute atomic E-state index is 0.0348. The summed E-state index contributed by atoms with van der Waals surface area (Å²) >= 11 is 0. The monoisotopic (exact) mass is 296 g/mol. The Kier molecular flexibility index (Phi) is 4.35. The van der Waals surface area contributed by atoms with E-state index in [2.05, 4.69) is 11.6 Å². The molecule has 0 saturated heterocycles. The lowest BCUT2D eigenvalue weighted by Gasteiger charge is -2.19. The summed E-state index contributed by atoms with van der Waals surface area (Å²) in [6, 6.07) is 2.09. The molecule has 0 unspecified atom stereocenters. The topological polar surface area (TPSA) is 48.1 Å². The predicted octanol–water partition coefficient (Wildman–Crippen LogP) is 3.95. The summed E-state index contributed by atoms with van der Waals surface area (Å²) in [6.45, 7) is 3.74. The number of hydrogen-bond acceptors (Lipinski definition) is 3. The number of aromatic nitrogens is 1. The number of rotatable bonds is 4. The fraction of sp³-hybridized carbons (Fsp3) is 0.267. The van der Waals surface area contributed by atoms with Gasteiger partial charge in [0.25, 0.3) is 0 Å². The number of hydrogen-bond donors (Lipinski definition) is 1. The summed E-state index contributed by atoms with van der Waals surface area (Å²) < 4.78 is 44.8. The minimum atomic E-state index is -4.50. The first-order chi connectivity index (χ1) is 9.93. The third-order valence-corrected chi connectivity index (χ3v) is 2.94. The Morgan fingerprint density at radius 2 is 2.00 bits per heavy atom. The number of nitrogens with two attached hydrogens (primary N) is 1. The van der Waals surface area contributed by atoms with E-state index in [1.807, 2.05) is 0 Å². The van der Waals surface area contributed by atoms with Crippen LogP contribution >= 0.6 is 0 Å². The van der Waals surface area contributed by atoms with Gasteiger partial charge >= 0.3 is 6.18 Å². The number of anilines is 1. The van der Waals surface area contributed by atoms with Crippen LogP contribution in [-0.4, -0.2) is 11.6 Å². The maximum absolute atomic E-state index is 13.1. The van der Waals surface area contributed by atoms with Crippen molar-refractivity contribution in [1.82, 2.24) is 4.98 Å². The molecule has 112 valence electrons. The molecule has 1 aliphatic rings. The largest absolute Gasteiger partial charge is 0.489 e. The molecule has 0 bridgehead atoms. The van der Waals surface area contributed by atoms with Crippen LogP contribution in [0.5, 0.6) is 0 Å². The molecule has 0 aliphatic heterocycles. The normalized spacial score (nSPS) is 15.2. The van der Waals surface area contributed by atoms with Gasteiger partial charge in [-0.1, -0.05) is 18.7 Å². The second-order valence-corrected chi connectivity index (χ2v) is 4.49. The number of halogens is 3. The molecule has 2 N–H and O–H groups in total. The predicted molar refractivity (Wildman–Crippen MR) is 75.1 cm³/mol. The van der Waals surface area contributed by atoms with Gasteiger partial charge in [0, 0.05) is 5.57 Å². The molecule has 0 aromatic carbocycles. The van der Waals surface area contributed by atoms with Gasteiger partial charge in [-0.25, -0.2) is 4.98 Å². The molecule has 0 fully saturated rings. The number of allylic oxidation sites excluding steroid dienone is 3. The lowest BCUT2D eigenvalue weighted by molar-refractivity contribution is -0.138. The van der Waals surface area contributed by atoms with E-state index in [9.17, 15) is 13.2 Å². The maximum Gasteiger partial charge on any atom is 0.418 e. The van der Waals surface area contributed by atoms with E-state index in [-0.39, 0.29) is 18.1 Å². The number of pyridine rings is 1. The first-order valence-corrected chi connectivity index (χ1v) is 6.42. The maximum atomic E-state index is 13.1. The summed E-state index contributed by atoms with van der Waals surface area (Å²) in [6.07, 6.45) is 1.81. The average Bonchev–Trinajstić information content (AvgIpc) is 2.44. The van der Waals surface area contributed by atoms with Crippen LogP contribution < -0.4 is 5.73 Å². The van der Waals surface area contributed by atoms with Gasteiger partial charge in [-0.05, 0) is 31.1 Å². The Bertz CT molecular complexity index is 603. The van der Waals surface area contributed by atoms with Crippen molar-refractivity contribution < 1.29 is 17.9 Å². The third kappa shape index (κ3) is 3.45. The third-order valence-electron chi connectivity index (χ3n) is 2.94. The van der Waals surface area contributed by atoms with Crippen LogP contribution in [0, 0.1) is 0 Å². The molecule has 1 aliphatic carbocycles. The van der Waals surface area contributed by atoms with E-state index in [0.717, 1.165) is 12.1 Å². The number of nitrogen functional groups attached to an aromatic ring is 1. The van der Waals surface area contributed by atoms with Crippen LogP contribution in [0.15, 0.2) is 42.7 Å². The van der Waals surface area contributed by atoms with Crippen LogP contribution in [0.25, 0.3) is 5.57 Å². The average molecular weight is 296 g/mol. The lowest BCUT2D eigenvalue weighted by Crippen LogP contribution is -2.13. The molecule has 1 aromatic heterocycles. The Labute approximate surface area is 120 Å². The molecular weight excluding hydrogens is 281 g/mol. The minimum Gasteiger partial charge on any atom is -0.489 e. The van der Waals surface area contributed by atoms with Gasteiger partial charge in [0.05, 0.1) is 11.3 Å². The molecular formula is C15H15F3N2O. The van der Waals surface area contributed by atoms with E-state index < -0.39 is 11.7 Å². The van der Waals surface area contributed by atoms with Crippen molar-refractivity contribution in [1.29, 1.82) is 0 Å². The van der Waals surface area contributed by atoms with E-state index in [1.54, 1.807) is 12.2 Å². The molecule has 1 heterocycles. The molecule has 0 spiro atoms. The van der Waals surface area contributed by atoms with Gasteiger partial charge < -0.3 is 10.5 Å². The van der Waals surface area contributed by atoms with Crippen LogP contribution in [-0.2, 0) is 10.9 Å². The van der Waals surface area contributed by atoms with Crippen LogP contribution in [0.3, 0.4) is 0 Å². The van der Waals surface area contributed by atoms with Crippen LogP contribution in [0.2, 0.25) is 0 Å². The van der Waals surface area contributed by atoms with E-state index in [0.29, 0.717) is 24.2 Å². The number of nitrogens with zero attached hydrogens (tertiary/aromatic N) is 1. The fourth-order valence-corrected chi connectivity index (χ4v) is 2.06. The van der Waals surface area contributed by atoms with Gasteiger partial charge in [0.15, 0.2) is 0 Å². The van der Waals surface area contributed by atoms with Crippen LogP contribution in [0.1, 0.15) is 24.1 Å². The zero-order valence-corrected chi connectivity index (χ0v) is 11.3. The first kappa shape index (κ1) is 15.2. The highest BCUT2D eigenvalue weighted by Gasteiger charge is 2.36. The Morgan fingerprint density at radius 1 is 1.29 bits per heavy atom. The summed E-state index contributed by atoms with van der Waals surface area (Å²) in [5, 5.41) is 0. The fourth-order valence-electron chi connectivity index (χ4n) is 2.06. The quantitative estimate of drug-likeness (QED) is 0.856. The second-order valence-electron chi connectivity index (χ2n) is 4.49. The lowest BCUT2D eigenvalue weighted by atomic mass is 9.98. The molecule has 0 amide bonds. The van der Waals surface area contributed by atoms with E-state index in [1.165, 1.54) is 6.08 Å². The summed E-state index contributed by atoms with van der Waals surface area (Å²) in [4.78, 5) is 3.86. The zero-order chi connectivity index (χ0) is 15.5. The summed E-state index contributed by atoms with van der Waals surface area (Å²) in [5.41, 5.74) is 4.84. The zero-order valence-electron chi connectivity index (χ0n) is 11.3. The van der Waals surface area contributed by atoms with E-state index in [4.69, 9.17) is 10.5 Å².